The molecule has 0 radical (unpaired) electrons. The minimum Gasteiger partial charge on any atom is -0.442 e. The number of hydrogen-bond donors (Lipinski definition) is 0. The van der Waals surface area contributed by atoms with Gasteiger partial charge in [-0.1, -0.05) is 12.5 Å². The van der Waals surface area contributed by atoms with Crippen molar-refractivity contribution in [1.29, 1.82) is 0 Å². The molecule has 76 valence electrons. The summed E-state index contributed by atoms with van der Waals surface area (Å²) in [6.07, 6.45) is 2.18. The molecule has 1 atom stereocenters. The molecule has 0 aromatic carbocycles. The van der Waals surface area contributed by atoms with Crippen molar-refractivity contribution in [2.24, 2.45) is 5.92 Å². The Balaban J connectivity index is 2.72. The fourth-order valence-corrected chi connectivity index (χ4v) is 1.37. The highest BCUT2D eigenvalue weighted by Gasteiger charge is 2.43. The number of rotatable bonds is 3. The molecule has 0 aromatic heterocycles. The van der Waals surface area contributed by atoms with Crippen LogP contribution >= 0.6 is 0 Å². The summed E-state index contributed by atoms with van der Waals surface area (Å²) in [6.45, 7) is 8.84. The molecule has 2 nitrogen and oxygen atoms in total. The Morgan fingerprint density at radius 2 is 2.14 bits per heavy atom. The average Bonchev–Trinajstić information content (AvgIpc) is 2.86. The first-order valence-electron chi connectivity index (χ1n) is 4.82. The minimum atomic E-state index is -0.606. The molecule has 0 spiro atoms. The number of carbonyl (C=O) groups is 1. The molecule has 0 bridgehead atoms. The van der Waals surface area contributed by atoms with Gasteiger partial charge < -0.3 is 4.74 Å². The van der Waals surface area contributed by atoms with Crippen LogP contribution in [-0.4, -0.2) is 11.6 Å². The number of hydrogen-bond acceptors (Lipinski definition) is 2. The van der Waals surface area contributed by atoms with Crippen molar-refractivity contribution >= 4 is 5.97 Å². The molecule has 1 saturated carbocycles. The van der Waals surface area contributed by atoms with Crippen LogP contribution in [0, 0.1) is 17.8 Å². The normalized spacial score (nSPS) is 18.8. The van der Waals surface area contributed by atoms with E-state index in [1.807, 2.05) is 6.92 Å². The second-order valence-electron chi connectivity index (χ2n) is 3.93. The second-order valence-corrected chi connectivity index (χ2v) is 3.93. The van der Waals surface area contributed by atoms with Gasteiger partial charge in [-0.25, -0.2) is 4.79 Å². The molecule has 1 unspecified atom stereocenters. The van der Waals surface area contributed by atoms with E-state index in [9.17, 15) is 4.79 Å². The van der Waals surface area contributed by atoms with Crippen molar-refractivity contribution in [3.05, 3.63) is 12.2 Å². The van der Waals surface area contributed by atoms with E-state index in [1.54, 1.807) is 13.8 Å². The first kappa shape index (κ1) is 10.8. The quantitative estimate of drug-likeness (QED) is 0.389. The van der Waals surface area contributed by atoms with Gasteiger partial charge in [0.15, 0.2) is 5.60 Å². The fraction of sp³-hybridized carbons (Fsp3) is 0.583. The van der Waals surface area contributed by atoms with Gasteiger partial charge in [-0.3, -0.25) is 0 Å². The first-order valence-corrected chi connectivity index (χ1v) is 4.82. The SMILES string of the molecule is C=C(C)C(=O)OC(C)(C#CC)C1CC1. The molecule has 1 fully saturated rings. The van der Waals surface area contributed by atoms with Crippen molar-refractivity contribution < 1.29 is 9.53 Å². The lowest BCUT2D eigenvalue weighted by Gasteiger charge is -2.23. The smallest absolute Gasteiger partial charge is 0.334 e. The summed E-state index contributed by atoms with van der Waals surface area (Å²) in [4.78, 5) is 11.4. The molecule has 0 heterocycles. The summed E-state index contributed by atoms with van der Waals surface area (Å²) >= 11 is 0. The maximum atomic E-state index is 11.4. The highest BCUT2D eigenvalue weighted by Crippen LogP contribution is 2.41. The van der Waals surface area contributed by atoms with Crippen LogP contribution in [0.1, 0.15) is 33.6 Å². The van der Waals surface area contributed by atoms with Crippen LogP contribution in [-0.2, 0) is 9.53 Å². The van der Waals surface area contributed by atoms with Crippen molar-refractivity contribution in [2.75, 3.05) is 0 Å². The topological polar surface area (TPSA) is 26.3 Å². The average molecular weight is 192 g/mol. The van der Waals surface area contributed by atoms with E-state index in [0.29, 0.717) is 11.5 Å². The van der Waals surface area contributed by atoms with Gasteiger partial charge in [-0.05, 0) is 33.6 Å². The van der Waals surface area contributed by atoms with Crippen LogP contribution in [0.2, 0.25) is 0 Å². The Hall–Kier alpha value is -1.23. The van der Waals surface area contributed by atoms with Crippen molar-refractivity contribution in [3.8, 4) is 11.8 Å². The fourth-order valence-electron chi connectivity index (χ4n) is 1.37. The Morgan fingerprint density at radius 1 is 1.57 bits per heavy atom. The van der Waals surface area contributed by atoms with Crippen LogP contribution in [0.3, 0.4) is 0 Å². The monoisotopic (exact) mass is 192 g/mol. The van der Waals surface area contributed by atoms with Crippen LogP contribution in [0.15, 0.2) is 12.2 Å². The van der Waals surface area contributed by atoms with Crippen LogP contribution in [0.5, 0.6) is 0 Å². The summed E-state index contributed by atoms with van der Waals surface area (Å²) in [5.74, 6) is 5.85. The number of ether oxygens (including phenoxy) is 1. The predicted octanol–water partition coefficient (Wildman–Crippen LogP) is 2.30. The van der Waals surface area contributed by atoms with Crippen molar-refractivity contribution in [2.45, 2.75) is 39.2 Å². The van der Waals surface area contributed by atoms with Gasteiger partial charge in [-0.15, -0.1) is 5.92 Å². The maximum Gasteiger partial charge on any atom is 0.334 e. The van der Waals surface area contributed by atoms with Crippen molar-refractivity contribution in [3.63, 3.8) is 0 Å². The highest BCUT2D eigenvalue weighted by atomic mass is 16.6. The summed E-state index contributed by atoms with van der Waals surface area (Å²) < 4.78 is 5.35. The van der Waals surface area contributed by atoms with Crippen LogP contribution < -0.4 is 0 Å². The highest BCUT2D eigenvalue weighted by molar-refractivity contribution is 5.87. The summed E-state index contributed by atoms with van der Waals surface area (Å²) in [5, 5.41) is 0. The Morgan fingerprint density at radius 3 is 2.50 bits per heavy atom. The standard InChI is InChI=1S/C12H16O2/c1-5-8-12(4,10-6-7-10)14-11(13)9(2)3/h10H,2,6-7H2,1,3-4H3. The van der Waals surface area contributed by atoms with E-state index in [4.69, 9.17) is 4.74 Å². The van der Waals surface area contributed by atoms with E-state index in [2.05, 4.69) is 18.4 Å². The van der Waals surface area contributed by atoms with Gasteiger partial charge in [-0.2, -0.15) is 0 Å². The predicted molar refractivity (Wildman–Crippen MR) is 55.5 cm³/mol. The Bertz CT molecular complexity index is 315. The number of esters is 1. The molecule has 0 amide bonds. The molecule has 1 aliphatic carbocycles. The second kappa shape index (κ2) is 3.88. The van der Waals surface area contributed by atoms with Gasteiger partial charge in [0.1, 0.15) is 0 Å². The molecule has 1 rings (SSSR count). The first-order chi connectivity index (χ1) is 6.49. The van der Waals surface area contributed by atoms with E-state index in [1.165, 1.54) is 0 Å². The third kappa shape index (κ3) is 2.38. The van der Waals surface area contributed by atoms with Gasteiger partial charge >= 0.3 is 5.97 Å². The minimum absolute atomic E-state index is 0.345. The van der Waals surface area contributed by atoms with E-state index >= 15 is 0 Å². The molecule has 0 aliphatic heterocycles. The van der Waals surface area contributed by atoms with Crippen LogP contribution in [0.4, 0.5) is 0 Å². The molecular formula is C12H16O2. The van der Waals surface area contributed by atoms with Gasteiger partial charge in [0.2, 0.25) is 0 Å². The van der Waals surface area contributed by atoms with Gasteiger partial charge in [0.05, 0.1) is 0 Å². The zero-order chi connectivity index (χ0) is 10.8. The molecule has 14 heavy (non-hydrogen) atoms. The van der Waals surface area contributed by atoms with Crippen molar-refractivity contribution in [1.82, 2.24) is 0 Å². The number of carbonyl (C=O) groups excluding carboxylic acids is 1. The summed E-state index contributed by atoms with van der Waals surface area (Å²) in [7, 11) is 0. The largest absolute Gasteiger partial charge is 0.442 e. The summed E-state index contributed by atoms with van der Waals surface area (Å²) in [5.41, 5.74) is -0.181. The van der Waals surface area contributed by atoms with Gasteiger partial charge in [0, 0.05) is 11.5 Å². The van der Waals surface area contributed by atoms with E-state index in [-0.39, 0.29) is 5.97 Å². The summed E-state index contributed by atoms with van der Waals surface area (Å²) in [6, 6.07) is 0. The maximum absolute atomic E-state index is 11.4. The zero-order valence-corrected chi connectivity index (χ0v) is 9.02. The van der Waals surface area contributed by atoms with E-state index < -0.39 is 5.60 Å². The third-order valence-electron chi connectivity index (χ3n) is 2.38. The molecule has 1 aliphatic rings. The molecule has 2 heteroatoms. The van der Waals surface area contributed by atoms with Crippen LogP contribution in [0.25, 0.3) is 0 Å². The Labute approximate surface area is 85.3 Å². The van der Waals surface area contributed by atoms with E-state index in [0.717, 1.165) is 12.8 Å². The molecule has 0 aromatic rings. The third-order valence-corrected chi connectivity index (χ3v) is 2.38. The molecule has 0 saturated heterocycles. The lowest BCUT2D eigenvalue weighted by molar-refractivity contribution is -0.149. The molecule has 0 N–H and O–H groups in total. The van der Waals surface area contributed by atoms with Gasteiger partial charge in [0.25, 0.3) is 0 Å². The Kier molecular flexibility index (Phi) is 3.00. The lowest BCUT2D eigenvalue weighted by atomic mass is 10.0. The zero-order valence-electron chi connectivity index (χ0n) is 9.02. The molecular weight excluding hydrogens is 176 g/mol. The lowest BCUT2D eigenvalue weighted by Crippen LogP contribution is -2.32.